The predicted octanol–water partition coefficient (Wildman–Crippen LogP) is 5.54. The summed E-state index contributed by atoms with van der Waals surface area (Å²) in [6, 6.07) is 17.4. The Morgan fingerprint density at radius 1 is 1.17 bits per heavy atom. The molecule has 0 saturated carbocycles. The van der Waals surface area contributed by atoms with E-state index in [2.05, 4.69) is 0 Å². The van der Waals surface area contributed by atoms with Gasteiger partial charge in [-0.2, -0.15) is 0 Å². The van der Waals surface area contributed by atoms with Crippen LogP contribution in [0.3, 0.4) is 0 Å². The highest BCUT2D eigenvalue weighted by Crippen LogP contribution is 2.34. The van der Waals surface area contributed by atoms with Crippen molar-refractivity contribution in [1.29, 1.82) is 0 Å². The summed E-state index contributed by atoms with van der Waals surface area (Å²) < 4.78 is 24.9. The lowest BCUT2D eigenvalue weighted by molar-refractivity contribution is -0.122. The Bertz CT molecular complexity index is 1120. The Kier molecular flexibility index (Phi) is 6.01. The minimum Gasteiger partial charge on any atom is -0.497 e. The highest BCUT2D eigenvalue weighted by Gasteiger charge is 2.31. The standard InChI is InChI=1S/C23H18FNO3S2/c1-27-18-7-5-15(6-8-18)11-12-25-22(26)21(30-23(25)29)14-19-9-10-20(28-19)16-3-2-4-17(24)13-16/h2-10,13-14H,11-12H2,1H3. The SMILES string of the molecule is COc1ccc(CCN2C(=O)C(=Cc3ccc(-c4cccc(F)c4)o3)SC2=S)cc1. The van der Waals surface area contributed by atoms with E-state index in [1.807, 2.05) is 24.3 Å². The van der Waals surface area contributed by atoms with Gasteiger partial charge < -0.3 is 9.15 Å². The maximum atomic E-state index is 13.4. The van der Waals surface area contributed by atoms with Gasteiger partial charge in [-0.1, -0.05) is 48.2 Å². The van der Waals surface area contributed by atoms with Crippen molar-refractivity contribution in [3.05, 3.63) is 82.7 Å². The monoisotopic (exact) mass is 439 g/mol. The van der Waals surface area contributed by atoms with E-state index in [0.29, 0.717) is 39.3 Å². The zero-order chi connectivity index (χ0) is 21.1. The van der Waals surface area contributed by atoms with Crippen molar-refractivity contribution < 1.29 is 18.3 Å². The summed E-state index contributed by atoms with van der Waals surface area (Å²) in [7, 11) is 1.63. The summed E-state index contributed by atoms with van der Waals surface area (Å²) >= 11 is 6.65. The second-order valence-corrected chi connectivity index (χ2v) is 8.32. The van der Waals surface area contributed by atoms with Gasteiger partial charge in [-0.25, -0.2) is 4.39 Å². The van der Waals surface area contributed by atoms with Gasteiger partial charge in [0, 0.05) is 18.2 Å². The van der Waals surface area contributed by atoms with Crippen LogP contribution in [0.25, 0.3) is 17.4 Å². The van der Waals surface area contributed by atoms with Crippen molar-refractivity contribution in [2.45, 2.75) is 6.42 Å². The highest BCUT2D eigenvalue weighted by molar-refractivity contribution is 8.26. The number of carbonyl (C=O) groups excluding carboxylic acids is 1. The van der Waals surface area contributed by atoms with E-state index in [1.165, 1.54) is 23.9 Å². The molecule has 1 aromatic heterocycles. The second kappa shape index (κ2) is 8.85. The van der Waals surface area contributed by atoms with Crippen LogP contribution in [-0.2, 0) is 11.2 Å². The van der Waals surface area contributed by atoms with Crippen molar-refractivity contribution in [2.24, 2.45) is 0 Å². The van der Waals surface area contributed by atoms with Crippen molar-refractivity contribution in [3.8, 4) is 17.1 Å². The fraction of sp³-hybridized carbons (Fsp3) is 0.130. The molecular weight excluding hydrogens is 421 g/mol. The number of thiocarbonyl (C=S) groups is 1. The lowest BCUT2D eigenvalue weighted by Gasteiger charge is -2.14. The lowest BCUT2D eigenvalue weighted by Crippen LogP contribution is -2.30. The van der Waals surface area contributed by atoms with Crippen LogP contribution >= 0.6 is 24.0 Å². The van der Waals surface area contributed by atoms with E-state index < -0.39 is 0 Å². The minimum atomic E-state index is -0.330. The Morgan fingerprint density at radius 3 is 2.70 bits per heavy atom. The normalized spacial score (nSPS) is 15.3. The molecule has 152 valence electrons. The number of ether oxygens (including phenoxy) is 1. The molecule has 1 aliphatic heterocycles. The zero-order valence-electron chi connectivity index (χ0n) is 16.1. The number of hydrogen-bond donors (Lipinski definition) is 0. The molecule has 1 saturated heterocycles. The molecule has 0 spiro atoms. The number of furan rings is 1. The molecule has 30 heavy (non-hydrogen) atoms. The number of hydrogen-bond acceptors (Lipinski definition) is 5. The average molecular weight is 440 g/mol. The van der Waals surface area contributed by atoms with Crippen molar-refractivity contribution >= 4 is 40.3 Å². The summed E-state index contributed by atoms with van der Waals surface area (Å²) in [4.78, 5) is 14.9. The topological polar surface area (TPSA) is 42.7 Å². The van der Waals surface area contributed by atoms with Crippen molar-refractivity contribution in [3.63, 3.8) is 0 Å². The van der Waals surface area contributed by atoms with Gasteiger partial charge in [0.1, 0.15) is 27.4 Å². The van der Waals surface area contributed by atoms with Gasteiger partial charge in [-0.05, 0) is 48.4 Å². The van der Waals surface area contributed by atoms with Gasteiger partial charge in [-0.3, -0.25) is 9.69 Å². The quantitative estimate of drug-likeness (QED) is 0.373. The molecule has 0 bridgehead atoms. The van der Waals surface area contributed by atoms with Crippen molar-refractivity contribution in [1.82, 2.24) is 4.90 Å². The fourth-order valence-corrected chi connectivity index (χ4v) is 4.37. The van der Waals surface area contributed by atoms with Crippen LogP contribution in [0, 0.1) is 5.82 Å². The third kappa shape index (κ3) is 4.47. The molecule has 7 heteroatoms. The molecule has 0 radical (unpaired) electrons. The van der Waals surface area contributed by atoms with E-state index in [9.17, 15) is 9.18 Å². The Hall–Kier alpha value is -2.90. The predicted molar refractivity (Wildman–Crippen MR) is 121 cm³/mol. The Balaban J connectivity index is 1.45. The molecule has 0 aliphatic carbocycles. The zero-order valence-corrected chi connectivity index (χ0v) is 17.8. The first-order valence-corrected chi connectivity index (χ1v) is 10.5. The molecule has 1 aliphatic rings. The number of benzene rings is 2. The maximum absolute atomic E-state index is 13.4. The highest BCUT2D eigenvalue weighted by atomic mass is 32.2. The number of nitrogens with zero attached hydrogens (tertiary/aromatic N) is 1. The average Bonchev–Trinajstić information content (AvgIpc) is 3.32. The van der Waals surface area contributed by atoms with E-state index in [0.717, 1.165) is 11.3 Å². The van der Waals surface area contributed by atoms with Crippen LogP contribution in [0.15, 0.2) is 70.0 Å². The molecule has 4 nitrogen and oxygen atoms in total. The number of methoxy groups -OCH3 is 1. The fourth-order valence-electron chi connectivity index (χ4n) is 3.08. The van der Waals surface area contributed by atoms with Gasteiger partial charge in [0.15, 0.2) is 0 Å². The van der Waals surface area contributed by atoms with Gasteiger partial charge in [0.05, 0.1) is 12.0 Å². The molecule has 1 fully saturated rings. The van der Waals surface area contributed by atoms with Gasteiger partial charge in [0.2, 0.25) is 0 Å². The number of thioether (sulfide) groups is 1. The smallest absolute Gasteiger partial charge is 0.266 e. The Labute approximate surface area is 183 Å². The largest absolute Gasteiger partial charge is 0.497 e. The van der Waals surface area contributed by atoms with E-state index in [-0.39, 0.29) is 11.7 Å². The minimum absolute atomic E-state index is 0.137. The molecule has 1 amide bonds. The number of amides is 1. The number of halogens is 1. The molecule has 0 unspecified atom stereocenters. The number of rotatable bonds is 6. The van der Waals surface area contributed by atoms with Crippen LogP contribution in [-0.4, -0.2) is 28.8 Å². The van der Waals surface area contributed by atoms with E-state index >= 15 is 0 Å². The summed E-state index contributed by atoms with van der Waals surface area (Å²) in [6.45, 7) is 0.501. The Morgan fingerprint density at radius 2 is 1.97 bits per heavy atom. The molecule has 0 N–H and O–H groups in total. The first-order valence-electron chi connectivity index (χ1n) is 9.27. The summed E-state index contributed by atoms with van der Waals surface area (Å²) in [5.41, 5.74) is 1.74. The van der Waals surface area contributed by atoms with Crippen molar-refractivity contribution in [2.75, 3.05) is 13.7 Å². The van der Waals surface area contributed by atoms with E-state index in [4.69, 9.17) is 21.4 Å². The number of carbonyl (C=O) groups is 1. The van der Waals surface area contributed by atoms with Gasteiger partial charge in [0.25, 0.3) is 5.91 Å². The molecule has 0 atom stereocenters. The molecule has 4 rings (SSSR count). The van der Waals surface area contributed by atoms with Gasteiger partial charge in [-0.15, -0.1) is 0 Å². The summed E-state index contributed by atoms with van der Waals surface area (Å²) in [5.74, 6) is 1.38. The first-order chi connectivity index (χ1) is 14.5. The van der Waals surface area contributed by atoms with Crippen LogP contribution in [0.5, 0.6) is 5.75 Å². The second-order valence-electron chi connectivity index (χ2n) is 6.64. The van der Waals surface area contributed by atoms with Crippen LogP contribution in [0.4, 0.5) is 4.39 Å². The molecule has 3 aromatic rings. The summed E-state index contributed by atoms with van der Waals surface area (Å²) in [5, 5.41) is 0. The van der Waals surface area contributed by atoms with Crippen LogP contribution in [0.1, 0.15) is 11.3 Å². The molecular formula is C23H18FNO3S2. The molecule has 2 heterocycles. The maximum Gasteiger partial charge on any atom is 0.266 e. The summed E-state index contributed by atoms with van der Waals surface area (Å²) in [6.07, 6.45) is 2.36. The van der Waals surface area contributed by atoms with E-state index in [1.54, 1.807) is 42.4 Å². The molecule has 2 aromatic carbocycles. The third-order valence-electron chi connectivity index (χ3n) is 4.67. The van der Waals surface area contributed by atoms with Crippen LogP contribution in [0.2, 0.25) is 0 Å². The third-order valence-corrected chi connectivity index (χ3v) is 6.04. The lowest BCUT2D eigenvalue weighted by atomic mass is 10.1. The van der Waals surface area contributed by atoms with Crippen LogP contribution < -0.4 is 4.74 Å². The van der Waals surface area contributed by atoms with Gasteiger partial charge >= 0.3 is 0 Å². The first kappa shape index (κ1) is 20.4.